The van der Waals surface area contributed by atoms with Crippen LogP contribution in [0.5, 0.6) is 5.75 Å². The summed E-state index contributed by atoms with van der Waals surface area (Å²) in [5.41, 5.74) is 3.25. The molecule has 0 bridgehead atoms. The molecule has 1 aromatic heterocycles. The summed E-state index contributed by atoms with van der Waals surface area (Å²) in [5, 5.41) is 0. The molecular weight excluding hydrogens is 348 g/mol. The highest BCUT2D eigenvalue weighted by Crippen LogP contribution is 2.27. The van der Waals surface area contributed by atoms with E-state index in [1.807, 2.05) is 61.5 Å². The third kappa shape index (κ3) is 4.97. The van der Waals surface area contributed by atoms with Gasteiger partial charge in [-0.3, -0.25) is 9.69 Å². The van der Waals surface area contributed by atoms with Crippen LogP contribution in [-0.2, 0) is 11.3 Å². The molecule has 4 heteroatoms. The van der Waals surface area contributed by atoms with Crippen molar-refractivity contribution in [1.29, 1.82) is 0 Å². The van der Waals surface area contributed by atoms with Crippen molar-refractivity contribution < 1.29 is 9.53 Å². The van der Waals surface area contributed by atoms with E-state index in [1.165, 1.54) is 0 Å². The van der Waals surface area contributed by atoms with Crippen LogP contribution in [0.2, 0.25) is 0 Å². The normalized spacial score (nSPS) is 10.7. The summed E-state index contributed by atoms with van der Waals surface area (Å²) in [6, 6.07) is 21.6. The Morgan fingerprint density at radius 1 is 1.04 bits per heavy atom. The minimum absolute atomic E-state index is 0.0351. The molecule has 0 fully saturated rings. The van der Waals surface area contributed by atoms with Gasteiger partial charge >= 0.3 is 0 Å². The second-order valence-electron chi connectivity index (χ2n) is 7.14. The quantitative estimate of drug-likeness (QED) is 0.576. The van der Waals surface area contributed by atoms with Gasteiger partial charge in [0.25, 0.3) is 5.91 Å². The second-order valence-corrected chi connectivity index (χ2v) is 7.14. The predicted molar refractivity (Wildman–Crippen MR) is 113 cm³/mol. The maximum absolute atomic E-state index is 13.0. The SMILES string of the molecule is Cc1ccc(C(C)C)c(OCC(=O)N(Cc2ccccc2)c2ccccn2)c1. The summed E-state index contributed by atoms with van der Waals surface area (Å²) in [7, 11) is 0. The number of amides is 1. The highest BCUT2D eigenvalue weighted by atomic mass is 16.5. The van der Waals surface area contributed by atoms with Crippen LogP contribution in [0.1, 0.15) is 36.5 Å². The monoisotopic (exact) mass is 374 g/mol. The number of carbonyl (C=O) groups excluding carboxylic acids is 1. The number of pyridine rings is 1. The number of aromatic nitrogens is 1. The number of anilines is 1. The van der Waals surface area contributed by atoms with Crippen LogP contribution in [-0.4, -0.2) is 17.5 Å². The van der Waals surface area contributed by atoms with Crippen LogP contribution >= 0.6 is 0 Å². The Morgan fingerprint density at radius 3 is 2.46 bits per heavy atom. The van der Waals surface area contributed by atoms with Crippen molar-refractivity contribution in [1.82, 2.24) is 4.98 Å². The lowest BCUT2D eigenvalue weighted by atomic mass is 10.0. The lowest BCUT2D eigenvalue weighted by Gasteiger charge is -2.23. The van der Waals surface area contributed by atoms with Gasteiger partial charge in [0.1, 0.15) is 11.6 Å². The molecule has 3 aromatic rings. The Kier molecular flexibility index (Phi) is 6.43. The summed E-state index contributed by atoms with van der Waals surface area (Å²) in [6.07, 6.45) is 1.69. The highest BCUT2D eigenvalue weighted by Gasteiger charge is 2.19. The maximum atomic E-state index is 13.0. The molecule has 0 saturated carbocycles. The number of nitrogens with zero attached hydrogens (tertiary/aromatic N) is 2. The van der Waals surface area contributed by atoms with E-state index in [-0.39, 0.29) is 12.5 Å². The largest absolute Gasteiger partial charge is 0.483 e. The molecule has 0 radical (unpaired) electrons. The van der Waals surface area contributed by atoms with Gasteiger partial charge in [-0.1, -0.05) is 62.4 Å². The molecule has 0 aliphatic rings. The van der Waals surface area contributed by atoms with E-state index < -0.39 is 0 Å². The number of aryl methyl sites for hydroxylation is 1. The highest BCUT2D eigenvalue weighted by molar-refractivity contribution is 5.93. The third-order valence-electron chi connectivity index (χ3n) is 4.55. The first-order valence-corrected chi connectivity index (χ1v) is 9.53. The van der Waals surface area contributed by atoms with Gasteiger partial charge in [-0.05, 0) is 47.7 Å². The molecule has 0 saturated heterocycles. The molecule has 0 unspecified atom stereocenters. The average Bonchev–Trinajstić information content (AvgIpc) is 2.71. The average molecular weight is 374 g/mol. The van der Waals surface area contributed by atoms with Crippen molar-refractivity contribution in [3.63, 3.8) is 0 Å². The molecule has 1 amide bonds. The number of ether oxygens (including phenoxy) is 1. The smallest absolute Gasteiger partial charge is 0.266 e. The molecule has 1 heterocycles. The fraction of sp³-hybridized carbons (Fsp3) is 0.250. The van der Waals surface area contributed by atoms with Crippen molar-refractivity contribution >= 4 is 11.7 Å². The molecule has 0 atom stereocenters. The van der Waals surface area contributed by atoms with Gasteiger partial charge in [-0.2, -0.15) is 0 Å². The summed E-state index contributed by atoms with van der Waals surface area (Å²) in [4.78, 5) is 19.1. The van der Waals surface area contributed by atoms with Gasteiger partial charge in [-0.15, -0.1) is 0 Å². The lowest BCUT2D eigenvalue weighted by Crippen LogP contribution is -2.35. The van der Waals surface area contributed by atoms with Gasteiger partial charge in [0.05, 0.1) is 6.54 Å². The number of carbonyl (C=O) groups is 1. The summed E-state index contributed by atoms with van der Waals surface area (Å²) < 4.78 is 5.96. The zero-order valence-corrected chi connectivity index (χ0v) is 16.6. The lowest BCUT2D eigenvalue weighted by molar-refractivity contribution is -0.120. The fourth-order valence-electron chi connectivity index (χ4n) is 3.04. The van der Waals surface area contributed by atoms with Crippen molar-refractivity contribution in [2.24, 2.45) is 0 Å². The fourth-order valence-corrected chi connectivity index (χ4v) is 3.04. The molecular formula is C24H26N2O2. The van der Waals surface area contributed by atoms with E-state index in [1.54, 1.807) is 11.1 Å². The molecule has 144 valence electrons. The maximum Gasteiger partial charge on any atom is 0.266 e. The topological polar surface area (TPSA) is 42.4 Å². The first-order chi connectivity index (χ1) is 13.5. The van der Waals surface area contributed by atoms with E-state index in [0.29, 0.717) is 18.3 Å². The summed E-state index contributed by atoms with van der Waals surface area (Å²) in [5.74, 6) is 1.58. The Labute approximate surface area is 166 Å². The van der Waals surface area contributed by atoms with Crippen LogP contribution in [0.3, 0.4) is 0 Å². The number of benzene rings is 2. The van der Waals surface area contributed by atoms with Gasteiger partial charge in [0.2, 0.25) is 0 Å². The first kappa shape index (κ1) is 19.6. The van der Waals surface area contributed by atoms with E-state index in [4.69, 9.17) is 4.74 Å². The molecule has 0 aliphatic carbocycles. The molecule has 4 nitrogen and oxygen atoms in total. The Balaban J connectivity index is 1.80. The van der Waals surface area contributed by atoms with Crippen molar-refractivity contribution in [3.05, 3.63) is 89.6 Å². The Bertz CT molecular complexity index is 908. The first-order valence-electron chi connectivity index (χ1n) is 9.53. The van der Waals surface area contributed by atoms with E-state index >= 15 is 0 Å². The van der Waals surface area contributed by atoms with E-state index in [9.17, 15) is 4.79 Å². The summed E-state index contributed by atoms with van der Waals surface area (Å²) in [6.45, 7) is 6.68. The van der Waals surface area contributed by atoms with Crippen molar-refractivity contribution in [2.75, 3.05) is 11.5 Å². The van der Waals surface area contributed by atoms with E-state index in [0.717, 1.165) is 22.4 Å². The Hall–Kier alpha value is -3.14. The summed E-state index contributed by atoms with van der Waals surface area (Å²) >= 11 is 0. The van der Waals surface area contributed by atoms with Crippen LogP contribution in [0, 0.1) is 6.92 Å². The van der Waals surface area contributed by atoms with Crippen LogP contribution in [0.15, 0.2) is 72.9 Å². The molecule has 0 N–H and O–H groups in total. The molecule has 28 heavy (non-hydrogen) atoms. The minimum atomic E-state index is -0.126. The van der Waals surface area contributed by atoms with Gasteiger partial charge in [0, 0.05) is 6.20 Å². The second kappa shape index (κ2) is 9.18. The third-order valence-corrected chi connectivity index (χ3v) is 4.55. The van der Waals surface area contributed by atoms with Gasteiger partial charge in [-0.25, -0.2) is 4.98 Å². The number of rotatable bonds is 7. The van der Waals surface area contributed by atoms with Crippen molar-refractivity contribution in [2.45, 2.75) is 33.2 Å². The molecule has 0 aliphatic heterocycles. The molecule has 2 aromatic carbocycles. The van der Waals surface area contributed by atoms with Crippen LogP contribution in [0.25, 0.3) is 0 Å². The van der Waals surface area contributed by atoms with E-state index in [2.05, 4.69) is 31.0 Å². The minimum Gasteiger partial charge on any atom is -0.483 e. The molecule has 3 rings (SSSR count). The zero-order chi connectivity index (χ0) is 19.9. The Morgan fingerprint density at radius 2 is 1.79 bits per heavy atom. The zero-order valence-electron chi connectivity index (χ0n) is 16.6. The van der Waals surface area contributed by atoms with Gasteiger partial charge in [0.15, 0.2) is 6.61 Å². The standard InChI is InChI=1S/C24H26N2O2/c1-18(2)21-13-12-19(3)15-22(21)28-17-24(27)26(23-11-7-8-14-25-23)16-20-9-5-4-6-10-20/h4-15,18H,16-17H2,1-3H3. The predicted octanol–water partition coefficient (Wildman–Crippen LogP) is 5.13. The molecule has 0 spiro atoms. The van der Waals surface area contributed by atoms with Crippen LogP contribution < -0.4 is 9.64 Å². The van der Waals surface area contributed by atoms with Crippen LogP contribution in [0.4, 0.5) is 5.82 Å². The number of hydrogen-bond donors (Lipinski definition) is 0. The van der Waals surface area contributed by atoms with Gasteiger partial charge < -0.3 is 4.74 Å². The number of hydrogen-bond acceptors (Lipinski definition) is 3. The van der Waals surface area contributed by atoms with Crippen molar-refractivity contribution in [3.8, 4) is 5.75 Å².